The number of aromatic hydroxyl groups is 6. The fourth-order valence-electron chi connectivity index (χ4n) is 4.66. The van der Waals surface area contributed by atoms with Gasteiger partial charge in [0.15, 0.2) is 23.6 Å². The molecular formula is C45H43N3O10. The van der Waals surface area contributed by atoms with Crippen molar-refractivity contribution in [3.8, 4) is 34.5 Å². The Balaban J connectivity index is 0.000000216. The van der Waals surface area contributed by atoms with Crippen molar-refractivity contribution >= 4 is 46.9 Å². The monoisotopic (exact) mass is 785 g/mol. The summed E-state index contributed by atoms with van der Waals surface area (Å²) in [6.45, 7) is 4.95. The predicted molar refractivity (Wildman–Crippen MR) is 223 cm³/mol. The molecule has 13 heteroatoms. The Labute approximate surface area is 334 Å². The van der Waals surface area contributed by atoms with Crippen LogP contribution in [0.2, 0.25) is 0 Å². The smallest absolute Gasteiger partial charge is 0.159 e. The van der Waals surface area contributed by atoms with Gasteiger partial charge in [-0.3, -0.25) is 24.2 Å². The molecule has 0 unspecified atom stereocenters. The molecule has 0 aliphatic heterocycles. The van der Waals surface area contributed by atoms with Crippen LogP contribution >= 0.6 is 0 Å². The van der Waals surface area contributed by atoms with E-state index in [2.05, 4.69) is 10.3 Å². The number of aldehydes is 1. The molecule has 298 valence electrons. The van der Waals surface area contributed by atoms with Gasteiger partial charge in [-0.2, -0.15) is 0 Å². The highest BCUT2D eigenvalue weighted by molar-refractivity contribution is 5.95. The molecule has 0 saturated carbocycles. The van der Waals surface area contributed by atoms with Crippen LogP contribution in [0.25, 0.3) is 0 Å². The van der Waals surface area contributed by atoms with Crippen molar-refractivity contribution in [3.63, 3.8) is 0 Å². The number of phenols is 6. The van der Waals surface area contributed by atoms with Gasteiger partial charge in [0.05, 0.1) is 11.3 Å². The Morgan fingerprint density at radius 3 is 1.43 bits per heavy atom. The molecule has 9 N–H and O–H groups in total. The number of nitrogen functional groups attached to an aromatic ring is 1. The molecule has 0 spiro atoms. The molecule has 6 aromatic rings. The average molecular weight is 786 g/mol. The van der Waals surface area contributed by atoms with Gasteiger partial charge in [-0.15, -0.1) is 0 Å². The topological polar surface area (TPSA) is 240 Å². The van der Waals surface area contributed by atoms with E-state index in [0.29, 0.717) is 52.0 Å². The van der Waals surface area contributed by atoms with E-state index in [1.54, 1.807) is 72.8 Å². The van der Waals surface area contributed by atoms with Gasteiger partial charge >= 0.3 is 0 Å². The first kappa shape index (κ1) is 44.5. The summed E-state index contributed by atoms with van der Waals surface area (Å²) in [5.41, 5.74) is 10.7. The lowest BCUT2D eigenvalue weighted by Crippen LogP contribution is -2.00. The Kier molecular flexibility index (Phi) is 16.7. The van der Waals surface area contributed by atoms with Crippen LogP contribution in [0.15, 0.2) is 132 Å². The molecule has 0 aliphatic carbocycles. The molecule has 0 saturated heterocycles. The molecule has 13 nitrogen and oxygen atoms in total. The summed E-state index contributed by atoms with van der Waals surface area (Å²) in [6.07, 6.45) is 1.94. The molecule has 0 amide bonds. The number of aliphatic imine (C=N–C) groups is 1. The van der Waals surface area contributed by atoms with E-state index in [1.807, 2.05) is 0 Å². The number of carbonyl (C=O) groups is 4. The highest BCUT2D eigenvalue weighted by Gasteiger charge is 2.04. The van der Waals surface area contributed by atoms with Crippen LogP contribution in [0.4, 0.5) is 17.1 Å². The fraction of sp³-hybridized carbons (Fsp3) is 0.0889. The van der Waals surface area contributed by atoms with Gasteiger partial charge in [0.25, 0.3) is 0 Å². The number of benzene rings is 6. The Morgan fingerprint density at radius 1 is 0.552 bits per heavy atom. The van der Waals surface area contributed by atoms with E-state index in [-0.39, 0.29) is 57.4 Å². The van der Waals surface area contributed by atoms with Crippen LogP contribution in [-0.2, 0) is 6.54 Å². The largest absolute Gasteiger partial charge is 0.508 e. The van der Waals surface area contributed by atoms with Crippen LogP contribution < -0.4 is 11.1 Å². The fourth-order valence-corrected chi connectivity index (χ4v) is 4.66. The van der Waals surface area contributed by atoms with E-state index in [0.717, 1.165) is 5.69 Å². The molecule has 0 bridgehead atoms. The van der Waals surface area contributed by atoms with Crippen molar-refractivity contribution in [1.82, 2.24) is 0 Å². The Morgan fingerprint density at radius 2 is 0.966 bits per heavy atom. The number of nitrogens with two attached hydrogens (primary N) is 1. The SMILES string of the molecule is CC(=O)c1ccc(N)cc1.CC(=O)c1ccc(N=Cc2cc(O)ccc2O)cc1.CC(=O)c1ccc(NCc2cc(O)ccc2O)cc1.O=Cc1cc(O)ccc1O. The van der Waals surface area contributed by atoms with Gasteiger partial charge in [-0.05, 0) is 148 Å². The van der Waals surface area contributed by atoms with E-state index < -0.39 is 0 Å². The standard InChI is InChI=1S/C15H15NO3.C15H13NO3.C8H9NO.C7H6O3/c2*1-10(17)11-2-4-13(5-3-11)16-9-12-8-14(18)6-7-15(12)19;1-6(10)7-2-4-8(9)5-3-7;8-4-5-3-6(9)1-2-7(5)10/h2-8,16,18-19H,9H2,1H3;2-9,18-19H,1H3;2-5H,9H2,1H3;1-4,9-10H. The molecule has 6 aromatic carbocycles. The van der Waals surface area contributed by atoms with Crippen molar-refractivity contribution in [1.29, 1.82) is 0 Å². The molecule has 6 rings (SSSR count). The summed E-state index contributed by atoms with van der Waals surface area (Å²) >= 11 is 0. The van der Waals surface area contributed by atoms with Gasteiger partial charge in [-0.1, -0.05) is 0 Å². The van der Waals surface area contributed by atoms with Crippen LogP contribution in [0.5, 0.6) is 34.5 Å². The molecule has 0 atom stereocenters. The average Bonchev–Trinajstić information content (AvgIpc) is 3.20. The van der Waals surface area contributed by atoms with Crippen molar-refractivity contribution in [2.45, 2.75) is 27.3 Å². The third-order valence-corrected chi connectivity index (χ3v) is 7.93. The number of carbonyl (C=O) groups excluding carboxylic acids is 4. The van der Waals surface area contributed by atoms with Crippen molar-refractivity contribution in [3.05, 3.63) is 161 Å². The molecule has 58 heavy (non-hydrogen) atoms. The number of nitrogens with one attached hydrogen (secondary N) is 1. The molecule has 0 fully saturated rings. The highest BCUT2D eigenvalue weighted by atomic mass is 16.3. The zero-order valence-corrected chi connectivity index (χ0v) is 31.8. The maximum atomic E-state index is 11.1. The molecule has 0 heterocycles. The minimum Gasteiger partial charge on any atom is -0.508 e. The lowest BCUT2D eigenvalue weighted by atomic mass is 10.1. The second-order valence-electron chi connectivity index (χ2n) is 12.4. The zero-order valence-electron chi connectivity index (χ0n) is 31.8. The minimum atomic E-state index is -0.118. The maximum Gasteiger partial charge on any atom is 0.159 e. The summed E-state index contributed by atoms with van der Waals surface area (Å²) < 4.78 is 0. The summed E-state index contributed by atoms with van der Waals surface area (Å²) in [5.74, 6) is 0.297. The number of nitrogens with zero attached hydrogens (tertiary/aromatic N) is 1. The van der Waals surface area contributed by atoms with Crippen LogP contribution in [0.3, 0.4) is 0 Å². The van der Waals surface area contributed by atoms with Gasteiger partial charge in [0, 0.05) is 52.0 Å². The number of ketones is 3. The van der Waals surface area contributed by atoms with Gasteiger partial charge in [0.1, 0.15) is 34.5 Å². The van der Waals surface area contributed by atoms with Crippen molar-refractivity contribution < 1.29 is 49.8 Å². The van der Waals surface area contributed by atoms with Gasteiger partial charge in [0.2, 0.25) is 0 Å². The molecule has 0 aliphatic rings. The van der Waals surface area contributed by atoms with Crippen LogP contribution in [0, 0.1) is 0 Å². The van der Waals surface area contributed by atoms with E-state index >= 15 is 0 Å². The summed E-state index contributed by atoms with van der Waals surface area (Å²) in [6, 6.07) is 33.2. The summed E-state index contributed by atoms with van der Waals surface area (Å²) in [7, 11) is 0. The van der Waals surface area contributed by atoms with Gasteiger partial charge < -0.3 is 41.7 Å². The van der Waals surface area contributed by atoms with Crippen LogP contribution in [0.1, 0.15) is 73.3 Å². The first-order valence-corrected chi connectivity index (χ1v) is 17.4. The van der Waals surface area contributed by atoms with E-state index in [4.69, 9.17) is 15.9 Å². The normalized spacial score (nSPS) is 10.1. The number of rotatable bonds is 9. The Hall–Kier alpha value is -7.93. The second kappa shape index (κ2) is 21.8. The highest BCUT2D eigenvalue weighted by Crippen LogP contribution is 2.24. The predicted octanol–water partition coefficient (Wildman–Crippen LogP) is 8.35. The number of anilines is 2. The lowest BCUT2D eigenvalue weighted by molar-refractivity contribution is 0.100. The first-order chi connectivity index (χ1) is 27.6. The number of Topliss-reactive ketones (excluding diaryl/α,β-unsaturated/α-hetero) is 3. The maximum absolute atomic E-state index is 11.1. The van der Waals surface area contributed by atoms with Crippen molar-refractivity contribution in [2.75, 3.05) is 11.1 Å². The van der Waals surface area contributed by atoms with Gasteiger partial charge in [-0.25, -0.2) is 0 Å². The zero-order chi connectivity index (χ0) is 42.8. The summed E-state index contributed by atoms with van der Waals surface area (Å²) in [5, 5.41) is 58.7. The number of hydrogen-bond donors (Lipinski definition) is 8. The van der Waals surface area contributed by atoms with E-state index in [9.17, 15) is 39.6 Å². The minimum absolute atomic E-state index is 0.00107. The number of phenolic OH excluding ortho intramolecular Hbond substituents is 6. The third-order valence-electron chi connectivity index (χ3n) is 7.93. The molecular weight excluding hydrogens is 743 g/mol. The summed E-state index contributed by atoms with van der Waals surface area (Å²) in [4.78, 5) is 47.3. The van der Waals surface area contributed by atoms with Crippen LogP contribution in [-0.4, -0.2) is 60.5 Å². The lowest BCUT2D eigenvalue weighted by Gasteiger charge is -2.09. The van der Waals surface area contributed by atoms with Crippen molar-refractivity contribution in [2.24, 2.45) is 4.99 Å². The second-order valence-corrected chi connectivity index (χ2v) is 12.4. The van der Waals surface area contributed by atoms with E-state index in [1.165, 1.54) is 81.6 Å². The third kappa shape index (κ3) is 14.7. The quantitative estimate of drug-likeness (QED) is 0.0227. The first-order valence-electron chi connectivity index (χ1n) is 17.4. The number of hydrogen-bond acceptors (Lipinski definition) is 13. The Bertz CT molecular complexity index is 2360. The molecule has 0 radical (unpaired) electrons. The molecule has 0 aromatic heterocycles.